The Kier molecular flexibility index (Phi) is 12.7. The molecule has 0 amide bonds. The van der Waals surface area contributed by atoms with Crippen molar-refractivity contribution in [3.8, 4) is 34.5 Å². The number of phenols is 1. The number of benzene rings is 3. The zero-order valence-corrected chi connectivity index (χ0v) is 26.1. The van der Waals surface area contributed by atoms with Gasteiger partial charge in [0.25, 0.3) is 0 Å². The van der Waals surface area contributed by atoms with E-state index in [1.165, 1.54) is 12.8 Å². The third-order valence-electron chi connectivity index (χ3n) is 6.99. The van der Waals surface area contributed by atoms with Crippen LogP contribution in [0, 0.1) is 5.92 Å². The Morgan fingerprint density at radius 1 is 0.690 bits per heavy atom. The molecule has 0 fully saturated rings. The first-order chi connectivity index (χ1) is 20.3. The summed E-state index contributed by atoms with van der Waals surface area (Å²) in [6.45, 7) is 8.88. The van der Waals surface area contributed by atoms with Gasteiger partial charge in [0.2, 0.25) is 11.5 Å². The van der Waals surface area contributed by atoms with Gasteiger partial charge in [0, 0.05) is 0 Å². The van der Waals surface area contributed by atoms with Gasteiger partial charge in [0.05, 0.1) is 34.0 Å². The van der Waals surface area contributed by atoms with E-state index in [1.807, 2.05) is 62.4 Å². The van der Waals surface area contributed by atoms with Crippen LogP contribution in [-0.2, 0) is 0 Å². The predicted molar refractivity (Wildman–Crippen MR) is 173 cm³/mol. The zero-order valence-electron chi connectivity index (χ0n) is 26.1. The van der Waals surface area contributed by atoms with Crippen molar-refractivity contribution in [2.45, 2.75) is 59.5 Å². The maximum Gasteiger partial charge on any atom is 0.203 e. The van der Waals surface area contributed by atoms with Gasteiger partial charge in [0.1, 0.15) is 0 Å². The molecule has 1 unspecified atom stereocenters. The lowest BCUT2D eigenvalue weighted by molar-refractivity contribution is 0.215. The number of phenolic OH excluding ortho intramolecular Hbond substituents is 1. The summed E-state index contributed by atoms with van der Waals surface area (Å²) in [5.41, 5.74) is 3.85. The molecule has 1 N–H and O–H groups in total. The molecule has 3 aromatic rings. The maximum atomic E-state index is 10.4. The minimum atomic E-state index is -0.0741. The molecule has 3 rings (SSSR count). The van der Waals surface area contributed by atoms with E-state index in [2.05, 4.69) is 32.1 Å². The summed E-state index contributed by atoms with van der Waals surface area (Å²) in [4.78, 5) is 0. The van der Waals surface area contributed by atoms with Gasteiger partial charge in [-0.15, -0.1) is 0 Å². The highest BCUT2D eigenvalue weighted by atomic mass is 16.5. The SMILES string of the molecule is CCCCC(CC)COc1c(OC)cc(/C=C/c2ccc(/C=C/c3cc(O)c(OC(C)C)c(OC)c3)cc2)cc1OC. The molecule has 0 radical (unpaired) electrons. The first-order valence-corrected chi connectivity index (χ1v) is 14.7. The third kappa shape index (κ3) is 9.23. The van der Waals surface area contributed by atoms with Crippen LogP contribution in [0.2, 0.25) is 0 Å². The van der Waals surface area contributed by atoms with E-state index >= 15 is 0 Å². The summed E-state index contributed by atoms with van der Waals surface area (Å²) in [6.07, 6.45) is 12.6. The minimum absolute atomic E-state index is 0.0492. The molecule has 1 atom stereocenters. The van der Waals surface area contributed by atoms with Crippen molar-refractivity contribution < 1.29 is 28.8 Å². The smallest absolute Gasteiger partial charge is 0.203 e. The summed E-state index contributed by atoms with van der Waals surface area (Å²) in [6, 6.07) is 15.7. The minimum Gasteiger partial charge on any atom is -0.504 e. The van der Waals surface area contributed by atoms with Crippen molar-refractivity contribution in [1.29, 1.82) is 0 Å². The fourth-order valence-corrected chi connectivity index (χ4v) is 4.55. The number of rotatable bonds is 16. The third-order valence-corrected chi connectivity index (χ3v) is 6.99. The molecule has 0 aliphatic rings. The van der Waals surface area contributed by atoms with Crippen LogP contribution in [0.1, 0.15) is 75.6 Å². The van der Waals surface area contributed by atoms with Gasteiger partial charge in [-0.1, -0.05) is 81.7 Å². The van der Waals surface area contributed by atoms with Crippen LogP contribution in [0.5, 0.6) is 34.5 Å². The number of methoxy groups -OCH3 is 3. The van der Waals surface area contributed by atoms with Crippen LogP contribution < -0.4 is 23.7 Å². The first-order valence-electron chi connectivity index (χ1n) is 14.7. The molecule has 3 aromatic carbocycles. The highest BCUT2D eigenvalue weighted by Gasteiger charge is 2.16. The van der Waals surface area contributed by atoms with Crippen molar-refractivity contribution in [2.75, 3.05) is 27.9 Å². The van der Waals surface area contributed by atoms with Gasteiger partial charge < -0.3 is 28.8 Å². The van der Waals surface area contributed by atoms with Crippen LogP contribution in [0.25, 0.3) is 24.3 Å². The molecule has 0 saturated heterocycles. The molecule has 42 heavy (non-hydrogen) atoms. The van der Waals surface area contributed by atoms with Crippen molar-refractivity contribution in [3.05, 3.63) is 70.8 Å². The Morgan fingerprint density at radius 2 is 1.17 bits per heavy atom. The average molecular weight is 575 g/mol. The topological polar surface area (TPSA) is 66.4 Å². The number of unbranched alkanes of at least 4 members (excludes halogenated alkanes) is 1. The molecule has 0 spiro atoms. The molecule has 6 heteroatoms. The molecule has 0 bridgehead atoms. The van der Waals surface area contributed by atoms with Crippen LogP contribution in [0.15, 0.2) is 48.5 Å². The normalized spacial score (nSPS) is 12.2. The molecule has 6 nitrogen and oxygen atoms in total. The van der Waals surface area contributed by atoms with Crippen LogP contribution in [0.3, 0.4) is 0 Å². The van der Waals surface area contributed by atoms with Gasteiger partial charge >= 0.3 is 0 Å². The molecular formula is C36H46O6. The van der Waals surface area contributed by atoms with E-state index in [4.69, 9.17) is 23.7 Å². The van der Waals surface area contributed by atoms with Crippen molar-refractivity contribution in [1.82, 2.24) is 0 Å². The average Bonchev–Trinajstić information content (AvgIpc) is 3.00. The van der Waals surface area contributed by atoms with Gasteiger partial charge in [-0.2, -0.15) is 0 Å². The van der Waals surface area contributed by atoms with Crippen LogP contribution >= 0.6 is 0 Å². The Bertz CT molecular complexity index is 1300. The second kappa shape index (κ2) is 16.4. The Hall–Kier alpha value is -4.06. The second-order valence-corrected chi connectivity index (χ2v) is 10.6. The van der Waals surface area contributed by atoms with Gasteiger partial charge in [-0.3, -0.25) is 0 Å². The monoisotopic (exact) mass is 574 g/mol. The Labute approximate surface area is 251 Å². The molecule has 0 heterocycles. The van der Waals surface area contributed by atoms with E-state index in [0.29, 0.717) is 41.3 Å². The standard InChI is InChI=1S/C36H46O6/c1-8-10-11-26(9-2)24-41-36-33(39-6)22-30(23-34(36)40-7)19-17-28-14-12-27(13-15-28)16-18-29-20-31(37)35(42-25(3)4)32(21-29)38-5/h12-23,25-26,37H,8-11,24H2,1-7H3/b18-16+,19-17+. The lowest BCUT2D eigenvalue weighted by Crippen LogP contribution is -2.12. The number of hydrogen-bond acceptors (Lipinski definition) is 6. The highest BCUT2D eigenvalue weighted by molar-refractivity contribution is 5.75. The second-order valence-electron chi connectivity index (χ2n) is 10.6. The molecular weight excluding hydrogens is 528 g/mol. The summed E-state index contributed by atoms with van der Waals surface area (Å²) >= 11 is 0. The fourth-order valence-electron chi connectivity index (χ4n) is 4.55. The van der Waals surface area contributed by atoms with E-state index in [-0.39, 0.29) is 11.9 Å². The van der Waals surface area contributed by atoms with Crippen molar-refractivity contribution in [3.63, 3.8) is 0 Å². The zero-order chi connectivity index (χ0) is 30.5. The predicted octanol–water partition coefficient (Wildman–Crippen LogP) is 9.14. The lowest BCUT2D eigenvalue weighted by Gasteiger charge is -2.19. The largest absolute Gasteiger partial charge is 0.504 e. The number of ether oxygens (including phenoxy) is 5. The number of hydrogen-bond donors (Lipinski definition) is 1. The van der Waals surface area contributed by atoms with Gasteiger partial charge in [0.15, 0.2) is 23.0 Å². The first kappa shape index (κ1) is 32.5. The maximum absolute atomic E-state index is 10.4. The van der Waals surface area contributed by atoms with Crippen molar-refractivity contribution >= 4 is 24.3 Å². The summed E-state index contributed by atoms with van der Waals surface area (Å²) < 4.78 is 28.7. The molecule has 0 aliphatic carbocycles. The van der Waals surface area contributed by atoms with E-state index in [9.17, 15) is 5.11 Å². The van der Waals surface area contributed by atoms with Gasteiger partial charge in [-0.05, 0) is 72.7 Å². The van der Waals surface area contributed by atoms with Gasteiger partial charge in [-0.25, -0.2) is 0 Å². The Morgan fingerprint density at radius 3 is 1.62 bits per heavy atom. The molecule has 226 valence electrons. The van der Waals surface area contributed by atoms with E-state index < -0.39 is 0 Å². The van der Waals surface area contributed by atoms with E-state index in [1.54, 1.807) is 27.4 Å². The fraction of sp³-hybridized carbons (Fsp3) is 0.389. The molecule has 0 aromatic heterocycles. The summed E-state index contributed by atoms with van der Waals surface area (Å²) in [5, 5.41) is 10.4. The lowest BCUT2D eigenvalue weighted by atomic mass is 10.0. The van der Waals surface area contributed by atoms with Crippen LogP contribution in [0.4, 0.5) is 0 Å². The Balaban J connectivity index is 1.72. The molecule has 0 aliphatic heterocycles. The highest BCUT2D eigenvalue weighted by Crippen LogP contribution is 2.40. The summed E-state index contributed by atoms with van der Waals surface area (Å²) in [7, 11) is 4.87. The number of aromatic hydroxyl groups is 1. The van der Waals surface area contributed by atoms with Crippen molar-refractivity contribution in [2.24, 2.45) is 5.92 Å². The quantitative estimate of drug-likeness (QED) is 0.172. The summed E-state index contributed by atoms with van der Waals surface area (Å²) in [5.74, 6) is 3.37. The van der Waals surface area contributed by atoms with E-state index in [0.717, 1.165) is 35.1 Å². The molecule has 0 saturated carbocycles. The van der Waals surface area contributed by atoms with Crippen LogP contribution in [-0.4, -0.2) is 39.1 Å².